The molecular formula is C11H11N3O3S2. The molecule has 0 saturated heterocycles. The van der Waals surface area contributed by atoms with Crippen molar-refractivity contribution in [2.24, 2.45) is 4.99 Å². The number of nitrogens with one attached hydrogen (secondary N) is 1. The average molecular weight is 297 g/mol. The Balaban J connectivity index is 1.81. The van der Waals surface area contributed by atoms with E-state index in [0.29, 0.717) is 5.17 Å². The van der Waals surface area contributed by atoms with Gasteiger partial charge in [0, 0.05) is 22.8 Å². The van der Waals surface area contributed by atoms with E-state index in [9.17, 15) is 14.9 Å². The highest BCUT2D eigenvalue weighted by Crippen LogP contribution is 2.21. The van der Waals surface area contributed by atoms with Crippen molar-refractivity contribution in [2.75, 3.05) is 18.1 Å². The van der Waals surface area contributed by atoms with Crippen molar-refractivity contribution in [2.45, 2.75) is 4.90 Å². The van der Waals surface area contributed by atoms with Gasteiger partial charge in [-0.1, -0.05) is 11.8 Å². The molecular weight excluding hydrogens is 286 g/mol. The fraction of sp³-hybridized carbons (Fsp3) is 0.273. The minimum absolute atomic E-state index is 0.0468. The Bertz CT molecular complexity index is 516. The quantitative estimate of drug-likeness (QED) is 0.521. The summed E-state index contributed by atoms with van der Waals surface area (Å²) in [4.78, 5) is 26.6. The van der Waals surface area contributed by atoms with Crippen molar-refractivity contribution in [3.05, 3.63) is 34.4 Å². The lowest BCUT2D eigenvalue weighted by Gasteiger charge is -2.03. The van der Waals surface area contributed by atoms with E-state index < -0.39 is 4.92 Å². The van der Waals surface area contributed by atoms with Gasteiger partial charge in [-0.15, -0.1) is 11.8 Å². The zero-order valence-corrected chi connectivity index (χ0v) is 11.5. The fourth-order valence-corrected chi connectivity index (χ4v) is 2.82. The third-order valence-corrected chi connectivity index (χ3v) is 4.15. The molecule has 0 saturated carbocycles. The van der Waals surface area contributed by atoms with E-state index in [1.165, 1.54) is 35.7 Å². The van der Waals surface area contributed by atoms with Gasteiger partial charge in [0.1, 0.15) is 0 Å². The predicted molar refractivity (Wildman–Crippen MR) is 76.7 cm³/mol. The minimum Gasteiger partial charge on any atom is -0.305 e. The molecule has 0 bridgehead atoms. The Labute approximate surface area is 118 Å². The van der Waals surface area contributed by atoms with Crippen LogP contribution in [0.1, 0.15) is 0 Å². The Morgan fingerprint density at radius 1 is 1.47 bits per heavy atom. The molecule has 19 heavy (non-hydrogen) atoms. The van der Waals surface area contributed by atoms with E-state index >= 15 is 0 Å². The number of hydrogen-bond donors (Lipinski definition) is 1. The molecule has 0 unspecified atom stereocenters. The maximum Gasteiger partial charge on any atom is 0.269 e. The summed E-state index contributed by atoms with van der Waals surface area (Å²) in [7, 11) is 0. The first-order chi connectivity index (χ1) is 9.15. The summed E-state index contributed by atoms with van der Waals surface area (Å²) in [5, 5.41) is 13.9. The number of carbonyl (C=O) groups excluding carboxylic acids is 1. The largest absolute Gasteiger partial charge is 0.305 e. The number of nitrogens with zero attached hydrogens (tertiary/aromatic N) is 2. The second-order valence-electron chi connectivity index (χ2n) is 3.62. The first-order valence-electron chi connectivity index (χ1n) is 5.49. The van der Waals surface area contributed by atoms with Gasteiger partial charge in [-0.2, -0.15) is 0 Å². The zero-order valence-electron chi connectivity index (χ0n) is 9.87. The molecule has 1 aliphatic rings. The van der Waals surface area contributed by atoms with E-state index in [2.05, 4.69) is 10.3 Å². The van der Waals surface area contributed by atoms with E-state index in [1.807, 2.05) is 0 Å². The van der Waals surface area contributed by atoms with Gasteiger partial charge >= 0.3 is 0 Å². The molecule has 1 heterocycles. The lowest BCUT2D eigenvalue weighted by atomic mass is 10.3. The van der Waals surface area contributed by atoms with Crippen LogP contribution in [0, 0.1) is 10.1 Å². The summed E-state index contributed by atoms with van der Waals surface area (Å²) in [6.45, 7) is 0.746. The third kappa shape index (κ3) is 4.25. The van der Waals surface area contributed by atoms with E-state index in [0.717, 1.165) is 17.2 Å². The van der Waals surface area contributed by atoms with Crippen LogP contribution < -0.4 is 5.32 Å². The Hall–Kier alpha value is -1.54. The summed E-state index contributed by atoms with van der Waals surface area (Å²) in [5.41, 5.74) is 0.0468. The molecule has 8 heteroatoms. The second kappa shape index (κ2) is 6.58. The summed E-state index contributed by atoms with van der Waals surface area (Å²) >= 11 is 2.86. The van der Waals surface area contributed by atoms with Crippen molar-refractivity contribution >= 4 is 40.3 Å². The van der Waals surface area contributed by atoms with Gasteiger partial charge in [0.05, 0.1) is 17.2 Å². The summed E-state index contributed by atoms with van der Waals surface area (Å²) < 4.78 is 0. The minimum atomic E-state index is -0.448. The molecule has 1 aromatic rings. The van der Waals surface area contributed by atoms with Gasteiger partial charge in [0.15, 0.2) is 5.17 Å². The summed E-state index contributed by atoms with van der Waals surface area (Å²) in [5.74, 6) is 1.05. The van der Waals surface area contributed by atoms with Gasteiger partial charge in [0.2, 0.25) is 5.91 Å². The van der Waals surface area contributed by atoms with Crippen LogP contribution in [-0.2, 0) is 4.79 Å². The number of rotatable bonds is 4. The van der Waals surface area contributed by atoms with Crippen LogP contribution in [0.5, 0.6) is 0 Å². The topological polar surface area (TPSA) is 84.6 Å². The molecule has 6 nitrogen and oxygen atoms in total. The van der Waals surface area contributed by atoms with Crippen molar-refractivity contribution in [3.8, 4) is 0 Å². The zero-order chi connectivity index (χ0) is 13.7. The monoisotopic (exact) mass is 297 g/mol. The SMILES string of the molecule is O=C(CSc1ccc([N+](=O)[O-])cc1)NC1=NCCS1. The molecule has 2 rings (SSSR count). The molecule has 1 N–H and O–H groups in total. The Morgan fingerprint density at radius 2 is 2.21 bits per heavy atom. The van der Waals surface area contributed by atoms with Crippen molar-refractivity contribution in [3.63, 3.8) is 0 Å². The maximum absolute atomic E-state index is 11.6. The molecule has 0 aromatic heterocycles. The molecule has 100 valence electrons. The maximum atomic E-state index is 11.6. The first-order valence-corrected chi connectivity index (χ1v) is 7.46. The Morgan fingerprint density at radius 3 is 2.79 bits per heavy atom. The van der Waals surface area contributed by atoms with Crippen molar-refractivity contribution in [1.82, 2.24) is 5.32 Å². The summed E-state index contributed by atoms with van der Waals surface area (Å²) in [6.07, 6.45) is 0. The normalized spacial score (nSPS) is 14.0. The van der Waals surface area contributed by atoms with Gasteiger partial charge in [-0.3, -0.25) is 19.9 Å². The molecule has 0 fully saturated rings. The number of amidine groups is 1. The number of nitro benzene ring substituents is 1. The van der Waals surface area contributed by atoms with E-state index in [1.54, 1.807) is 12.1 Å². The molecule has 0 spiro atoms. The van der Waals surface area contributed by atoms with Gasteiger partial charge in [0.25, 0.3) is 5.69 Å². The average Bonchev–Trinajstić information content (AvgIpc) is 2.89. The number of thioether (sulfide) groups is 2. The van der Waals surface area contributed by atoms with Crippen LogP contribution in [0.15, 0.2) is 34.2 Å². The van der Waals surface area contributed by atoms with Gasteiger partial charge in [-0.05, 0) is 12.1 Å². The number of nitro groups is 1. The Kier molecular flexibility index (Phi) is 4.80. The lowest BCUT2D eigenvalue weighted by molar-refractivity contribution is -0.384. The van der Waals surface area contributed by atoms with Crippen LogP contribution in [0.3, 0.4) is 0 Å². The molecule has 1 aliphatic heterocycles. The van der Waals surface area contributed by atoms with Crippen LogP contribution in [0.4, 0.5) is 5.69 Å². The van der Waals surface area contributed by atoms with Gasteiger partial charge < -0.3 is 5.32 Å². The van der Waals surface area contributed by atoms with Crippen LogP contribution in [-0.4, -0.2) is 34.0 Å². The number of non-ortho nitro benzene ring substituents is 1. The van der Waals surface area contributed by atoms with Crippen LogP contribution in [0.25, 0.3) is 0 Å². The number of benzene rings is 1. The highest BCUT2D eigenvalue weighted by atomic mass is 32.2. The fourth-order valence-electron chi connectivity index (χ4n) is 1.38. The van der Waals surface area contributed by atoms with E-state index in [-0.39, 0.29) is 17.3 Å². The molecule has 1 amide bonds. The van der Waals surface area contributed by atoms with Crippen molar-refractivity contribution in [1.29, 1.82) is 0 Å². The van der Waals surface area contributed by atoms with E-state index in [4.69, 9.17) is 0 Å². The molecule has 0 aliphatic carbocycles. The number of carbonyl (C=O) groups is 1. The smallest absolute Gasteiger partial charge is 0.269 e. The number of amides is 1. The van der Waals surface area contributed by atoms with Crippen LogP contribution >= 0.6 is 23.5 Å². The number of hydrogen-bond acceptors (Lipinski definition) is 6. The second-order valence-corrected chi connectivity index (χ2v) is 5.76. The standard InChI is InChI=1S/C11H11N3O3S2/c15-10(13-11-12-5-6-18-11)7-19-9-3-1-8(2-4-9)14(16)17/h1-4H,5-7H2,(H,12,13,15). The van der Waals surface area contributed by atoms with Crippen LogP contribution in [0.2, 0.25) is 0 Å². The molecule has 0 atom stereocenters. The predicted octanol–water partition coefficient (Wildman–Crippen LogP) is 1.91. The third-order valence-electron chi connectivity index (χ3n) is 2.25. The highest BCUT2D eigenvalue weighted by Gasteiger charge is 2.11. The molecule has 0 radical (unpaired) electrons. The molecule has 1 aromatic carbocycles. The summed E-state index contributed by atoms with van der Waals surface area (Å²) in [6, 6.07) is 6.13. The number of aliphatic imine (C=N–C) groups is 1. The van der Waals surface area contributed by atoms with Crippen molar-refractivity contribution < 1.29 is 9.72 Å². The lowest BCUT2D eigenvalue weighted by Crippen LogP contribution is -2.28. The first kappa shape index (κ1) is 13.9. The highest BCUT2D eigenvalue weighted by molar-refractivity contribution is 8.14. The van der Waals surface area contributed by atoms with Gasteiger partial charge in [-0.25, -0.2) is 0 Å².